The zero-order valence-corrected chi connectivity index (χ0v) is 17.3. The number of hydrogen-bond acceptors (Lipinski definition) is 7. The molecule has 31 heavy (non-hydrogen) atoms. The van der Waals surface area contributed by atoms with E-state index in [4.69, 9.17) is 10.5 Å². The monoisotopic (exact) mass is 430 g/mol. The maximum absolute atomic E-state index is 13.3. The third-order valence-corrected chi connectivity index (χ3v) is 5.15. The van der Waals surface area contributed by atoms with E-state index >= 15 is 0 Å². The normalized spacial score (nSPS) is 14.2. The van der Waals surface area contributed by atoms with Crippen molar-refractivity contribution < 1.29 is 18.7 Å². The summed E-state index contributed by atoms with van der Waals surface area (Å²) in [5.41, 5.74) is 7.17. The van der Waals surface area contributed by atoms with E-state index in [2.05, 4.69) is 15.2 Å². The second-order valence-corrected chi connectivity index (χ2v) is 7.21. The second kappa shape index (κ2) is 8.30. The lowest BCUT2D eigenvalue weighted by atomic mass is 10.0. The summed E-state index contributed by atoms with van der Waals surface area (Å²) in [6.07, 6.45) is 1.67. The zero-order valence-electron chi connectivity index (χ0n) is 17.3. The minimum atomic E-state index is -0.739. The summed E-state index contributed by atoms with van der Waals surface area (Å²) in [4.78, 5) is 33.1. The number of nitrogens with two attached hydrogens (primary N) is 1. The van der Waals surface area contributed by atoms with Crippen LogP contribution in [0.15, 0.2) is 18.3 Å². The molecule has 11 nitrogen and oxygen atoms in total. The number of nitrogens with zero attached hydrogens (tertiary/aromatic N) is 7. The van der Waals surface area contributed by atoms with Crippen LogP contribution in [0, 0.1) is 0 Å². The van der Waals surface area contributed by atoms with Gasteiger partial charge < -0.3 is 20.3 Å². The summed E-state index contributed by atoms with van der Waals surface area (Å²) < 4.78 is 20.8. The fourth-order valence-electron chi connectivity index (χ4n) is 3.54. The van der Waals surface area contributed by atoms with E-state index in [0.29, 0.717) is 49.2 Å². The molecule has 0 aromatic carbocycles. The van der Waals surface area contributed by atoms with E-state index in [9.17, 15) is 14.0 Å². The zero-order chi connectivity index (χ0) is 22.1. The van der Waals surface area contributed by atoms with Crippen molar-refractivity contribution in [2.24, 2.45) is 12.8 Å². The number of morpholine rings is 1. The van der Waals surface area contributed by atoms with Gasteiger partial charge in [-0.2, -0.15) is 10.1 Å². The lowest BCUT2D eigenvalue weighted by Crippen LogP contribution is -2.41. The van der Waals surface area contributed by atoms with Gasteiger partial charge in [0, 0.05) is 45.5 Å². The van der Waals surface area contributed by atoms with Crippen molar-refractivity contribution in [2.45, 2.75) is 0 Å². The number of carbonyl (C=O) groups is 2. The van der Waals surface area contributed by atoms with Crippen LogP contribution in [0.2, 0.25) is 0 Å². The fraction of sp³-hybridized carbons (Fsp3) is 0.421. The van der Waals surface area contributed by atoms with Gasteiger partial charge in [0.05, 0.1) is 18.8 Å². The van der Waals surface area contributed by atoms with Gasteiger partial charge in [0.15, 0.2) is 5.65 Å². The van der Waals surface area contributed by atoms with Gasteiger partial charge in [0.25, 0.3) is 11.8 Å². The number of rotatable bonds is 6. The summed E-state index contributed by atoms with van der Waals surface area (Å²) in [6.45, 7) is 1.33. The predicted octanol–water partition coefficient (Wildman–Crippen LogP) is 0.107. The molecule has 0 atom stereocenters. The van der Waals surface area contributed by atoms with Crippen LogP contribution < -0.4 is 10.6 Å². The first-order valence-electron chi connectivity index (χ1n) is 9.78. The second-order valence-electron chi connectivity index (χ2n) is 7.21. The van der Waals surface area contributed by atoms with Gasteiger partial charge in [-0.3, -0.25) is 14.3 Å². The van der Waals surface area contributed by atoms with E-state index in [1.807, 2.05) is 0 Å². The summed E-state index contributed by atoms with van der Waals surface area (Å²) in [7, 11) is 3.27. The number of anilines is 1. The number of carbonyl (C=O) groups excluding carboxylic acids is 2. The van der Waals surface area contributed by atoms with Gasteiger partial charge in [-0.25, -0.2) is 8.91 Å². The van der Waals surface area contributed by atoms with Crippen LogP contribution in [0.4, 0.5) is 10.3 Å². The molecular weight excluding hydrogens is 407 g/mol. The van der Waals surface area contributed by atoms with Crippen LogP contribution >= 0.6 is 0 Å². The Morgan fingerprint density at radius 2 is 2.03 bits per heavy atom. The Bertz CT molecular complexity index is 1130. The Hall–Kier alpha value is -3.54. The van der Waals surface area contributed by atoms with Crippen LogP contribution in [0.5, 0.6) is 0 Å². The molecule has 1 aliphatic rings. The van der Waals surface area contributed by atoms with Gasteiger partial charge >= 0.3 is 0 Å². The first kappa shape index (κ1) is 20.7. The number of primary amides is 1. The van der Waals surface area contributed by atoms with Crippen molar-refractivity contribution in [1.82, 2.24) is 29.3 Å². The van der Waals surface area contributed by atoms with Gasteiger partial charge in [-0.15, -0.1) is 5.10 Å². The lowest BCUT2D eigenvalue weighted by molar-refractivity contribution is 0.0302. The highest BCUT2D eigenvalue weighted by molar-refractivity contribution is 6.09. The smallest absolute Gasteiger partial charge is 0.267 e. The summed E-state index contributed by atoms with van der Waals surface area (Å²) in [5, 5.41) is 8.74. The molecule has 1 aliphatic heterocycles. The topological polar surface area (TPSA) is 124 Å². The average Bonchev–Trinajstić information content (AvgIpc) is 3.34. The predicted molar refractivity (Wildman–Crippen MR) is 110 cm³/mol. The standard InChI is InChI=1S/C19H23FN8O3/c1-25(6-4-20)19-22-13-11-12(3-5-28(13)24-19)15-14(16(17(21)29)26(2)23-15)18(30)27-7-9-31-10-8-27/h3,5,11H,4,6-10H2,1-2H3,(H2,21,29). The number of hydrogen-bond donors (Lipinski definition) is 1. The van der Waals surface area contributed by atoms with Crippen LogP contribution in [-0.2, 0) is 11.8 Å². The van der Waals surface area contributed by atoms with Crippen LogP contribution in [0.25, 0.3) is 16.9 Å². The first-order chi connectivity index (χ1) is 14.9. The molecule has 2 N–H and O–H groups in total. The fourth-order valence-corrected chi connectivity index (χ4v) is 3.54. The van der Waals surface area contributed by atoms with Crippen LogP contribution in [0.3, 0.4) is 0 Å². The van der Waals surface area contributed by atoms with E-state index in [0.717, 1.165) is 0 Å². The Labute approximate surface area is 177 Å². The molecular formula is C19H23FN8O3. The number of pyridine rings is 1. The van der Waals surface area contributed by atoms with Gasteiger partial charge in [0.2, 0.25) is 5.95 Å². The number of aromatic nitrogens is 5. The van der Waals surface area contributed by atoms with E-state index < -0.39 is 12.6 Å². The largest absolute Gasteiger partial charge is 0.378 e. The highest BCUT2D eigenvalue weighted by Gasteiger charge is 2.31. The molecule has 4 heterocycles. The summed E-state index contributed by atoms with van der Waals surface area (Å²) >= 11 is 0. The molecule has 164 valence electrons. The molecule has 0 aliphatic carbocycles. The molecule has 3 aromatic rings. The third kappa shape index (κ3) is 3.81. The molecule has 0 saturated carbocycles. The average molecular weight is 430 g/mol. The Morgan fingerprint density at radius 3 is 2.71 bits per heavy atom. The van der Waals surface area contributed by atoms with Crippen molar-refractivity contribution >= 4 is 23.4 Å². The minimum absolute atomic E-state index is 0.0381. The quantitative estimate of drug-likeness (QED) is 0.588. The van der Waals surface area contributed by atoms with Crippen molar-refractivity contribution in [2.75, 3.05) is 51.5 Å². The van der Waals surface area contributed by atoms with Crippen molar-refractivity contribution in [1.29, 1.82) is 0 Å². The summed E-state index contributed by atoms with van der Waals surface area (Å²) in [5.74, 6) is -0.695. The number of amides is 2. The van der Waals surface area contributed by atoms with Crippen molar-refractivity contribution in [3.63, 3.8) is 0 Å². The molecule has 0 radical (unpaired) electrons. The summed E-state index contributed by atoms with van der Waals surface area (Å²) in [6, 6.07) is 3.44. The molecule has 3 aromatic heterocycles. The molecule has 0 bridgehead atoms. The molecule has 2 amide bonds. The van der Waals surface area contributed by atoms with Crippen molar-refractivity contribution in [3.8, 4) is 11.3 Å². The molecule has 4 rings (SSSR count). The maximum Gasteiger partial charge on any atom is 0.267 e. The third-order valence-electron chi connectivity index (χ3n) is 5.15. The maximum atomic E-state index is 13.3. The Kier molecular flexibility index (Phi) is 5.55. The van der Waals surface area contributed by atoms with E-state index in [-0.39, 0.29) is 23.7 Å². The minimum Gasteiger partial charge on any atom is -0.378 e. The lowest BCUT2D eigenvalue weighted by Gasteiger charge is -2.27. The molecule has 0 unspecified atom stereocenters. The van der Waals surface area contributed by atoms with Gasteiger partial charge in [-0.05, 0) is 12.1 Å². The Morgan fingerprint density at radius 1 is 1.29 bits per heavy atom. The molecule has 1 fully saturated rings. The van der Waals surface area contributed by atoms with Gasteiger partial charge in [0.1, 0.15) is 18.1 Å². The number of alkyl halides is 1. The highest BCUT2D eigenvalue weighted by Crippen LogP contribution is 2.28. The molecule has 0 spiro atoms. The van der Waals surface area contributed by atoms with Crippen molar-refractivity contribution in [3.05, 3.63) is 29.6 Å². The highest BCUT2D eigenvalue weighted by atomic mass is 19.1. The van der Waals surface area contributed by atoms with Crippen LogP contribution in [-0.4, -0.2) is 87.7 Å². The molecule has 1 saturated heterocycles. The number of ether oxygens (including phenoxy) is 1. The number of halogens is 1. The number of fused-ring (bicyclic) bond motifs is 1. The SMILES string of the molecule is CN(CCF)c1nc2cc(-c3nn(C)c(C(N)=O)c3C(=O)N3CCOCC3)ccn2n1. The van der Waals surface area contributed by atoms with Crippen LogP contribution in [0.1, 0.15) is 20.8 Å². The Balaban J connectivity index is 1.80. The van der Waals surface area contributed by atoms with Gasteiger partial charge in [-0.1, -0.05) is 0 Å². The number of aryl methyl sites for hydroxylation is 1. The van der Waals surface area contributed by atoms with E-state index in [1.165, 1.54) is 4.68 Å². The van der Waals surface area contributed by atoms with E-state index in [1.54, 1.807) is 46.7 Å². The molecule has 12 heteroatoms. The first-order valence-corrected chi connectivity index (χ1v) is 9.78.